The van der Waals surface area contributed by atoms with E-state index in [1.165, 1.54) is 32.1 Å². The summed E-state index contributed by atoms with van der Waals surface area (Å²) in [4.78, 5) is 0. The smallest absolute Gasteiger partial charge is 0.0211 e. The molecule has 1 aromatic carbocycles. The molecule has 1 heterocycles. The first-order valence-electron chi connectivity index (χ1n) is 8.70. The van der Waals surface area contributed by atoms with Crippen molar-refractivity contribution in [1.29, 1.82) is 0 Å². The summed E-state index contributed by atoms with van der Waals surface area (Å²) in [6.45, 7) is 2.28. The van der Waals surface area contributed by atoms with Gasteiger partial charge in [-0.3, -0.25) is 0 Å². The predicted molar refractivity (Wildman–Crippen MR) is 81.6 cm³/mol. The zero-order chi connectivity index (χ0) is 13.1. The van der Waals surface area contributed by atoms with Crippen molar-refractivity contribution >= 4 is 0 Å². The summed E-state index contributed by atoms with van der Waals surface area (Å²) in [6, 6.07) is 7.18. The van der Waals surface area contributed by atoms with Crippen molar-refractivity contribution in [3.05, 3.63) is 34.9 Å². The molecule has 1 aliphatic heterocycles. The maximum Gasteiger partial charge on any atom is 0.0211 e. The Morgan fingerprint density at radius 2 is 1.65 bits per heavy atom. The normalized spacial score (nSPS) is 41.7. The molecule has 5 aliphatic rings. The van der Waals surface area contributed by atoms with Crippen LogP contribution in [-0.2, 0) is 13.0 Å². The molecule has 4 aliphatic carbocycles. The highest BCUT2D eigenvalue weighted by molar-refractivity contribution is 5.40. The lowest BCUT2D eigenvalue weighted by Gasteiger charge is -2.55. The van der Waals surface area contributed by atoms with Gasteiger partial charge in [-0.05, 0) is 91.3 Å². The largest absolute Gasteiger partial charge is 0.312 e. The number of benzene rings is 1. The lowest BCUT2D eigenvalue weighted by Crippen LogP contribution is -2.44. The quantitative estimate of drug-likeness (QED) is 0.814. The fourth-order valence-electron chi connectivity index (χ4n) is 6.29. The van der Waals surface area contributed by atoms with E-state index in [0.29, 0.717) is 0 Å². The predicted octanol–water partition coefficient (Wildman–Crippen LogP) is 3.87. The molecule has 0 saturated heterocycles. The first-order chi connectivity index (χ1) is 9.88. The molecule has 0 aromatic heterocycles. The fourth-order valence-corrected chi connectivity index (χ4v) is 6.29. The van der Waals surface area contributed by atoms with Gasteiger partial charge in [0, 0.05) is 6.54 Å². The van der Waals surface area contributed by atoms with Gasteiger partial charge in [0.25, 0.3) is 0 Å². The summed E-state index contributed by atoms with van der Waals surface area (Å²) in [5, 5.41) is 3.60. The topological polar surface area (TPSA) is 12.0 Å². The van der Waals surface area contributed by atoms with Gasteiger partial charge < -0.3 is 5.32 Å². The third-order valence-corrected chi connectivity index (χ3v) is 6.77. The molecule has 1 N–H and O–H groups in total. The van der Waals surface area contributed by atoms with Crippen LogP contribution in [0.2, 0.25) is 0 Å². The van der Waals surface area contributed by atoms with E-state index < -0.39 is 0 Å². The highest BCUT2D eigenvalue weighted by Crippen LogP contribution is 2.60. The van der Waals surface area contributed by atoms with Gasteiger partial charge in [0.15, 0.2) is 0 Å². The van der Waals surface area contributed by atoms with Crippen molar-refractivity contribution in [3.8, 4) is 0 Å². The third-order valence-electron chi connectivity index (χ3n) is 6.77. The van der Waals surface area contributed by atoms with Crippen LogP contribution in [0.5, 0.6) is 0 Å². The Labute approximate surface area is 122 Å². The Bertz CT molecular complexity index is 505. The van der Waals surface area contributed by atoms with Crippen LogP contribution < -0.4 is 5.32 Å². The van der Waals surface area contributed by atoms with Crippen molar-refractivity contribution in [2.45, 2.75) is 51.0 Å². The summed E-state index contributed by atoms with van der Waals surface area (Å²) >= 11 is 0. The average Bonchev–Trinajstić information content (AvgIpc) is 2.46. The van der Waals surface area contributed by atoms with Crippen LogP contribution >= 0.6 is 0 Å². The SMILES string of the molecule is c1cc2c(c(C3C4CC5CC(C4)CC3C5)c1)CNCC2. The minimum absolute atomic E-state index is 0.901. The van der Waals surface area contributed by atoms with Gasteiger partial charge in [-0.15, -0.1) is 0 Å². The lowest BCUT2D eigenvalue weighted by atomic mass is 9.50. The van der Waals surface area contributed by atoms with Gasteiger partial charge in [-0.2, -0.15) is 0 Å². The van der Waals surface area contributed by atoms with E-state index in [1.807, 2.05) is 0 Å². The summed E-state index contributed by atoms with van der Waals surface area (Å²) < 4.78 is 0. The summed E-state index contributed by atoms with van der Waals surface area (Å²) in [5.74, 6) is 5.11. The fraction of sp³-hybridized carbons (Fsp3) is 0.684. The molecule has 106 valence electrons. The molecule has 0 unspecified atom stereocenters. The zero-order valence-electron chi connectivity index (χ0n) is 12.3. The maximum atomic E-state index is 3.60. The van der Waals surface area contributed by atoms with Crippen molar-refractivity contribution < 1.29 is 0 Å². The molecular formula is C19H25N. The highest BCUT2D eigenvalue weighted by atomic mass is 14.9. The minimum Gasteiger partial charge on any atom is -0.312 e. The van der Waals surface area contributed by atoms with Gasteiger partial charge in [-0.25, -0.2) is 0 Å². The highest BCUT2D eigenvalue weighted by Gasteiger charge is 2.49. The molecule has 4 saturated carbocycles. The van der Waals surface area contributed by atoms with Crippen molar-refractivity contribution in [3.63, 3.8) is 0 Å². The summed E-state index contributed by atoms with van der Waals surface area (Å²) in [7, 11) is 0. The Balaban J connectivity index is 1.57. The summed E-state index contributed by atoms with van der Waals surface area (Å²) in [5.41, 5.74) is 5.05. The Morgan fingerprint density at radius 3 is 2.40 bits per heavy atom. The zero-order valence-corrected chi connectivity index (χ0v) is 12.3. The van der Waals surface area contributed by atoms with Gasteiger partial charge >= 0.3 is 0 Å². The first kappa shape index (κ1) is 11.8. The molecule has 0 amide bonds. The molecular weight excluding hydrogens is 242 g/mol. The van der Waals surface area contributed by atoms with E-state index >= 15 is 0 Å². The van der Waals surface area contributed by atoms with Crippen LogP contribution in [0, 0.1) is 23.7 Å². The van der Waals surface area contributed by atoms with E-state index in [2.05, 4.69) is 23.5 Å². The standard InChI is InChI=1S/C19H25N/c1-2-14-4-5-20-11-18(14)17(3-1)19-15-7-12-6-13(9-15)10-16(19)8-12/h1-3,12-13,15-16,19-20H,4-11H2. The average molecular weight is 267 g/mol. The van der Waals surface area contributed by atoms with Gasteiger partial charge in [-0.1, -0.05) is 18.2 Å². The van der Waals surface area contributed by atoms with Crippen molar-refractivity contribution in [2.24, 2.45) is 23.7 Å². The van der Waals surface area contributed by atoms with Crippen LogP contribution in [0.4, 0.5) is 0 Å². The number of nitrogens with one attached hydrogen (secondary N) is 1. The number of fused-ring (bicyclic) bond motifs is 1. The molecule has 0 atom stereocenters. The molecule has 1 nitrogen and oxygen atoms in total. The second kappa shape index (κ2) is 4.34. The molecule has 0 radical (unpaired) electrons. The second-order valence-corrected chi connectivity index (χ2v) is 7.87. The molecule has 1 aromatic rings. The summed E-state index contributed by atoms with van der Waals surface area (Å²) in [6.07, 6.45) is 8.94. The van der Waals surface area contributed by atoms with E-state index in [0.717, 1.165) is 42.7 Å². The second-order valence-electron chi connectivity index (χ2n) is 7.87. The Morgan fingerprint density at radius 1 is 0.900 bits per heavy atom. The minimum atomic E-state index is 0.901. The Hall–Kier alpha value is -0.820. The van der Waals surface area contributed by atoms with Crippen molar-refractivity contribution in [2.75, 3.05) is 6.54 Å². The van der Waals surface area contributed by atoms with Crippen LogP contribution in [0.3, 0.4) is 0 Å². The molecule has 6 rings (SSSR count). The molecule has 0 spiro atoms. The van der Waals surface area contributed by atoms with Crippen molar-refractivity contribution in [1.82, 2.24) is 5.32 Å². The van der Waals surface area contributed by atoms with E-state index in [1.54, 1.807) is 23.1 Å². The third kappa shape index (κ3) is 1.65. The molecule has 20 heavy (non-hydrogen) atoms. The number of hydrogen-bond donors (Lipinski definition) is 1. The number of rotatable bonds is 1. The van der Waals surface area contributed by atoms with Crippen LogP contribution in [0.15, 0.2) is 18.2 Å². The Kier molecular flexibility index (Phi) is 2.56. The van der Waals surface area contributed by atoms with E-state index in [4.69, 9.17) is 0 Å². The molecule has 1 heteroatoms. The molecule has 4 bridgehead atoms. The van der Waals surface area contributed by atoms with E-state index in [-0.39, 0.29) is 0 Å². The first-order valence-corrected chi connectivity index (χ1v) is 8.70. The lowest BCUT2D eigenvalue weighted by molar-refractivity contribution is -0.00313. The van der Waals surface area contributed by atoms with Gasteiger partial charge in [0.1, 0.15) is 0 Å². The number of hydrogen-bond acceptors (Lipinski definition) is 1. The van der Waals surface area contributed by atoms with E-state index in [9.17, 15) is 0 Å². The molecule has 4 fully saturated rings. The van der Waals surface area contributed by atoms with Gasteiger partial charge in [0.2, 0.25) is 0 Å². The van der Waals surface area contributed by atoms with Gasteiger partial charge in [0.05, 0.1) is 0 Å². The maximum absolute atomic E-state index is 3.60. The van der Waals surface area contributed by atoms with Crippen LogP contribution in [-0.4, -0.2) is 6.54 Å². The van der Waals surface area contributed by atoms with Crippen LogP contribution in [0.25, 0.3) is 0 Å². The van der Waals surface area contributed by atoms with Crippen LogP contribution in [0.1, 0.15) is 54.7 Å². The monoisotopic (exact) mass is 267 g/mol.